The average Bonchev–Trinajstić information content (AvgIpc) is 2.79. The maximum Gasteiger partial charge on any atom is 0.266 e. The summed E-state index contributed by atoms with van der Waals surface area (Å²) in [7, 11) is -1.91. The summed E-state index contributed by atoms with van der Waals surface area (Å²) in [5.74, 6) is 0.313. The van der Waals surface area contributed by atoms with Crippen molar-refractivity contribution in [1.29, 1.82) is 0 Å². The summed E-state index contributed by atoms with van der Waals surface area (Å²) in [5.41, 5.74) is 2.00. The molecule has 0 aliphatic heterocycles. The quantitative estimate of drug-likeness (QED) is 0.924. The predicted octanol–water partition coefficient (Wildman–Crippen LogP) is 1.36. The Morgan fingerprint density at radius 3 is 2.35 bits per heavy atom. The van der Waals surface area contributed by atoms with Crippen LogP contribution in [0.3, 0.4) is 0 Å². The first-order valence-electron chi connectivity index (χ1n) is 6.33. The van der Waals surface area contributed by atoms with Crippen molar-refractivity contribution in [3.63, 3.8) is 0 Å². The second-order valence-corrected chi connectivity index (χ2v) is 6.34. The van der Waals surface area contributed by atoms with Gasteiger partial charge in [-0.2, -0.15) is 10.2 Å². The molecular weight excluding hydrogens is 278 g/mol. The Bertz CT molecular complexity index is 723. The van der Waals surface area contributed by atoms with E-state index < -0.39 is 10.0 Å². The number of nitrogens with one attached hydrogen (secondary N) is 1. The molecule has 0 aromatic carbocycles. The summed E-state index contributed by atoms with van der Waals surface area (Å²) in [6.45, 7) is 7.85. The van der Waals surface area contributed by atoms with Crippen LogP contribution >= 0.6 is 0 Å². The molecule has 0 bridgehead atoms. The van der Waals surface area contributed by atoms with Crippen LogP contribution in [0.2, 0.25) is 0 Å². The average molecular weight is 297 g/mol. The van der Waals surface area contributed by atoms with Crippen molar-refractivity contribution in [3.05, 3.63) is 23.1 Å². The van der Waals surface area contributed by atoms with Crippen molar-refractivity contribution >= 4 is 15.8 Å². The Kier molecular flexibility index (Phi) is 3.59. The van der Waals surface area contributed by atoms with Crippen molar-refractivity contribution in [1.82, 2.24) is 19.6 Å². The van der Waals surface area contributed by atoms with Crippen LogP contribution in [-0.4, -0.2) is 28.0 Å². The van der Waals surface area contributed by atoms with Crippen molar-refractivity contribution in [3.8, 4) is 0 Å². The fraction of sp³-hybridized carbons (Fsp3) is 0.500. The van der Waals surface area contributed by atoms with E-state index in [4.69, 9.17) is 0 Å². The number of aromatic nitrogens is 4. The summed E-state index contributed by atoms with van der Waals surface area (Å²) in [6, 6.07) is 1.69. The van der Waals surface area contributed by atoms with E-state index >= 15 is 0 Å². The van der Waals surface area contributed by atoms with Crippen LogP contribution in [0.5, 0.6) is 0 Å². The predicted molar refractivity (Wildman–Crippen MR) is 76.1 cm³/mol. The number of nitrogens with zero attached hydrogens (tertiary/aromatic N) is 4. The zero-order valence-electron chi connectivity index (χ0n) is 12.3. The van der Waals surface area contributed by atoms with Gasteiger partial charge in [0.05, 0.1) is 11.4 Å². The number of hydrogen-bond donors (Lipinski definition) is 1. The molecule has 0 saturated heterocycles. The molecule has 0 aliphatic rings. The molecule has 7 nitrogen and oxygen atoms in total. The van der Waals surface area contributed by atoms with Gasteiger partial charge in [0.25, 0.3) is 10.0 Å². The van der Waals surface area contributed by atoms with Crippen molar-refractivity contribution in [2.24, 2.45) is 7.05 Å². The maximum absolute atomic E-state index is 12.5. The van der Waals surface area contributed by atoms with Gasteiger partial charge in [0.1, 0.15) is 4.90 Å². The zero-order valence-corrected chi connectivity index (χ0v) is 13.1. The molecule has 0 spiro atoms. The van der Waals surface area contributed by atoms with Gasteiger partial charge in [-0.25, -0.2) is 8.42 Å². The molecule has 8 heteroatoms. The minimum absolute atomic E-state index is 0.225. The molecule has 110 valence electrons. The lowest BCUT2D eigenvalue weighted by Crippen LogP contribution is -2.15. The fourth-order valence-electron chi connectivity index (χ4n) is 2.18. The molecule has 0 aliphatic carbocycles. The van der Waals surface area contributed by atoms with Gasteiger partial charge in [0, 0.05) is 25.4 Å². The molecule has 20 heavy (non-hydrogen) atoms. The molecule has 2 rings (SSSR count). The van der Waals surface area contributed by atoms with Crippen molar-refractivity contribution < 1.29 is 8.42 Å². The van der Waals surface area contributed by atoms with E-state index in [9.17, 15) is 8.42 Å². The van der Waals surface area contributed by atoms with Crippen LogP contribution in [0.1, 0.15) is 24.0 Å². The number of anilines is 1. The highest BCUT2D eigenvalue weighted by Crippen LogP contribution is 2.22. The molecule has 1 N–H and O–H groups in total. The smallest absolute Gasteiger partial charge is 0.266 e. The summed E-state index contributed by atoms with van der Waals surface area (Å²) in [4.78, 5) is 0.225. The fourth-order valence-corrected chi connectivity index (χ4v) is 3.58. The Labute approximate surface area is 118 Å². The van der Waals surface area contributed by atoms with Crippen molar-refractivity contribution in [2.75, 3.05) is 4.72 Å². The summed E-state index contributed by atoms with van der Waals surface area (Å²) in [6.07, 6.45) is 0. The number of hydrogen-bond acceptors (Lipinski definition) is 4. The minimum atomic E-state index is -3.68. The van der Waals surface area contributed by atoms with E-state index in [-0.39, 0.29) is 4.90 Å². The summed E-state index contributed by atoms with van der Waals surface area (Å²) in [5, 5.41) is 8.34. The van der Waals surface area contributed by atoms with Crippen LogP contribution in [-0.2, 0) is 23.6 Å². The van der Waals surface area contributed by atoms with Gasteiger partial charge < -0.3 is 0 Å². The van der Waals surface area contributed by atoms with Gasteiger partial charge >= 0.3 is 0 Å². The first-order valence-corrected chi connectivity index (χ1v) is 7.82. The molecule has 0 fully saturated rings. The SMILES string of the molecule is CCn1nc(C)c(S(=O)(=O)Nc2cc(C)n(C)n2)c1C. The highest BCUT2D eigenvalue weighted by molar-refractivity contribution is 7.92. The summed E-state index contributed by atoms with van der Waals surface area (Å²) >= 11 is 0. The van der Waals surface area contributed by atoms with Crippen LogP contribution in [0.25, 0.3) is 0 Å². The monoisotopic (exact) mass is 297 g/mol. The summed E-state index contributed by atoms with van der Waals surface area (Å²) < 4.78 is 30.8. The molecule has 2 aromatic rings. The van der Waals surface area contributed by atoms with Gasteiger partial charge in [-0.05, 0) is 27.7 Å². The highest BCUT2D eigenvalue weighted by atomic mass is 32.2. The third kappa shape index (κ3) is 2.43. The maximum atomic E-state index is 12.5. The standard InChI is InChI=1S/C12H19N5O2S/c1-6-17-10(4)12(9(3)13-17)20(18,19)15-11-7-8(2)16(5)14-11/h7H,6H2,1-5H3,(H,14,15). The van der Waals surface area contributed by atoms with Gasteiger partial charge in [0.15, 0.2) is 5.82 Å². The largest absolute Gasteiger partial charge is 0.271 e. The van der Waals surface area contributed by atoms with E-state index in [1.165, 1.54) is 0 Å². The van der Waals surface area contributed by atoms with Crippen LogP contribution in [0.15, 0.2) is 11.0 Å². The lowest BCUT2D eigenvalue weighted by atomic mass is 10.4. The highest BCUT2D eigenvalue weighted by Gasteiger charge is 2.25. The van der Waals surface area contributed by atoms with Crippen LogP contribution < -0.4 is 4.72 Å². The molecule has 0 saturated carbocycles. The minimum Gasteiger partial charge on any atom is -0.271 e. The Morgan fingerprint density at radius 1 is 1.25 bits per heavy atom. The lowest BCUT2D eigenvalue weighted by molar-refractivity contribution is 0.598. The second-order valence-electron chi connectivity index (χ2n) is 4.72. The third-order valence-corrected chi connectivity index (χ3v) is 4.84. The molecule has 2 aromatic heterocycles. The number of rotatable bonds is 4. The topological polar surface area (TPSA) is 81.8 Å². The second kappa shape index (κ2) is 4.93. The Hall–Kier alpha value is -1.83. The van der Waals surface area contributed by atoms with E-state index in [0.717, 1.165) is 5.69 Å². The normalized spacial score (nSPS) is 11.8. The van der Waals surface area contributed by atoms with Gasteiger partial charge in [0.2, 0.25) is 0 Å². The Morgan fingerprint density at radius 2 is 1.90 bits per heavy atom. The van der Waals surface area contributed by atoms with E-state index in [1.807, 2.05) is 13.8 Å². The molecule has 0 amide bonds. The van der Waals surface area contributed by atoms with Gasteiger partial charge in [-0.3, -0.25) is 14.1 Å². The Balaban J connectivity index is 2.43. The van der Waals surface area contributed by atoms with Gasteiger partial charge in [-0.15, -0.1) is 0 Å². The molecule has 0 radical (unpaired) electrons. The van der Waals surface area contributed by atoms with E-state index in [1.54, 1.807) is 36.3 Å². The molecule has 0 unspecified atom stereocenters. The number of aryl methyl sites for hydroxylation is 4. The molecule has 0 atom stereocenters. The van der Waals surface area contributed by atoms with Gasteiger partial charge in [-0.1, -0.05) is 0 Å². The third-order valence-electron chi connectivity index (χ3n) is 3.24. The van der Waals surface area contributed by atoms with E-state index in [0.29, 0.717) is 23.8 Å². The van der Waals surface area contributed by atoms with E-state index in [2.05, 4.69) is 14.9 Å². The molecule has 2 heterocycles. The van der Waals surface area contributed by atoms with Crippen LogP contribution in [0, 0.1) is 20.8 Å². The first kappa shape index (κ1) is 14.6. The number of sulfonamides is 1. The zero-order chi connectivity index (χ0) is 15.1. The molecular formula is C12H19N5O2S. The van der Waals surface area contributed by atoms with Crippen molar-refractivity contribution in [2.45, 2.75) is 39.1 Å². The van der Waals surface area contributed by atoms with Crippen LogP contribution in [0.4, 0.5) is 5.82 Å². The first-order chi connectivity index (χ1) is 9.26. The lowest BCUT2D eigenvalue weighted by Gasteiger charge is -2.06.